The summed E-state index contributed by atoms with van der Waals surface area (Å²) in [7, 11) is 0. The van der Waals surface area contributed by atoms with E-state index in [9.17, 15) is 14.9 Å². The van der Waals surface area contributed by atoms with Gasteiger partial charge in [0.25, 0.3) is 5.69 Å². The summed E-state index contributed by atoms with van der Waals surface area (Å²) in [6, 6.07) is 2.48. The topological polar surface area (TPSA) is 60.2 Å². The van der Waals surface area contributed by atoms with E-state index < -0.39 is 4.92 Å². The molecule has 1 aromatic carbocycles. The van der Waals surface area contributed by atoms with Crippen molar-refractivity contribution in [3.63, 3.8) is 0 Å². The van der Waals surface area contributed by atoms with E-state index in [0.29, 0.717) is 11.1 Å². The van der Waals surface area contributed by atoms with Crippen molar-refractivity contribution in [1.29, 1.82) is 0 Å². The minimum Gasteiger partial charge on any atom is -0.294 e. The summed E-state index contributed by atoms with van der Waals surface area (Å²) in [6.45, 7) is 3.01. The molecule has 1 rings (SSSR count). The number of nitrogens with zero attached hydrogens (tertiary/aromatic N) is 1. The first-order chi connectivity index (χ1) is 6.43. The Labute approximate surface area is 85.6 Å². The molecule has 0 bridgehead atoms. The highest BCUT2D eigenvalue weighted by atomic mass is 35.5. The number of hydrogen-bond donors (Lipinski definition) is 0. The van der Waals surface area contributed by atoms with Gasteiger partial charge in [0.2, 0.25) is 0 Å². The number of non-ortho nitro benzene ring substituents is 1. The van der Waals surface area contributed by atoms with Crippen LogP contribution in [0.1, 0.15) is 22.8 Å². The SMILES string of the molecule is CC(=O)c1cc([N+](=O)[O-])cc(Cl)c1C. The fourth-order valence-corrected chi connectivity index (χ4v) is 1.35. The predicted molar refractivity (Wildman–Crippen MR) is 52.8 cm³/mol. The molecular formula is C9H8ClNO3. The van der Waals surface area contributed by atoms with Gasteiger partial charge in [0.1, 0.15) is 0 Å². The van der Waals surface area contributed by atoms with Crippen LogP contribution in [0.4, 0.5) is 5.69 Å². The minimum atomic E-state index is -0.572. The van der Waals surface area contributed by atoms with Gasteiger partial charge in [0, 0.05) is 17.7 Å². The summed E-state index contributed by atoms with van der Waals surface area (Å²) >= 11 is 5.75. The number of rotatable bonds is 2. The van der Waals surface area contributed by atoms with E-state index >= 15 is 0 Å². The largest absolute Gasteiger partial charge is 0.294 e. The van der Waals surface area contributed by atoms with Gasteiger partial charge in [-0.2, -0.15) is 0 Å². The van der Waals surface area contributed by atoms with E-state index in [1.807, 2.05) is 0 Å². The highest BCUT2D eigenvalue weighted by molar-refractivity contribution is 6.32. The lowest BCUT2D eigenvalue weighted by atomic mass is 10.0. The lowest BCUT2D eigenvalue weighted by molar-refractivity contribution is -0.384. The number of carbonyl (C=O) groups is 1. The number of carbonyl (C=O) groups excluding carboxylic acids is 1. The first-order valence-corrected chi connectivity index (χ1v) is 4.26. The summed E-state index contributed by atoms with van der Waals surface area (Å²) < 4.78 is 0. The molecule has 0 amide bonds. The lowest BCUT2D eigenvalue weighted by Gasteiger charge is -2.03. The van der Waals surface area contributed by atoms with Gasteiger partial charge in [0.15, 0.2) is 5.78 Å². The highest BCUT2D eigenvalue weighted by Gasteiger charge is 2.15. The monoisotopic (exact) mass is 213 g/mol. The molecule has 0 aliphatic rings. The smallest absolute Gasteiger partial charge is 0.271 e. The molecule has 1 aromatic rings. The van der Waals surface area contributed by atoms with Gasteiger partial charge >= 0.3 is 0 Å². The van der Waals surface area contributed by atoms with Gasteiger partial charge < -0.3 is 0 Å². The Bertz CT molecular complexity index is 415. The predicted octanol–water partition coefficient (Wildman–Crippen LogP) is 2.76. The van der Waals surface area contributed by atoms with Crippen LogP contribution < -0.4 is 0 Å². The lowest BCUT2D eigenvalue weighted by Crippen LogP contribution is -1.99. The maximum atomic E-state index is 11.1. The Kier molecular flexibility index (Phi) is 2.86. The fourth-order valence-electron chi connectivity index (χ4n) is 1.14. The standard InChI is InChI=1S/C9H8ClNO3/c1-5-8(6(2)12)3-7(11(13)14)4-9(5)10/h3-4H,1-2H3. The van der Waals surface area contributed by atoms with Crippen LogP contribution in [0.2, 0.25) is 5.02 Å². The maximum Gasteiger partial charge on any atom is 0.271 e. The van der Waals surface area contributed by atoms with Crippen molar-refractivity contribution >= 4 is 23.1 Å². The van der Waals surface area contributed by atoms with E-state index in [2.05, 4.69) is 0 Å². The number of halogens is 1. The molecule has 0 heterocycles. The number of nitro groups is 1. The molecule has 0 N–H and O–H groups in total. The number of hydrogen-bond acceptors (Lipinski definition) is 3. The summed E-state index contributed by atoms with van der Waals surface area (Å²) in [4.78, 5) is 21.0. The Morgan fingerprint density at radius 3 is 2.50 bits per heavy atom. The van der Waals surface area contributed by atoms with Gasteiger partial charge in [-0.1, -0.05) is 11.6 Å². The first kappa shape index (κ1) is 10.7. The van der Waals surface area contributed by atoms with Crippen molar-refractivity contribution in [3.8, 4) is 0 Å². The van der Waals surface area contributed by atoms with Crippen LogP contribution in [0.5, 0.6) is 0 Å². The Morgan fingerprint density at radius 1 is 1.50 bits per heavy atom. The summed E-state index contributed by atoms with van der Waals surface area (Å²) in [5.41, 5.74) is 0.708. The molecule has 0 radical (unpaired) electrons. The number of benzene rings is 1. The molecule has 0 aliphatic carbocycles. The molecule has 0 aliphatic heterocycles. The third-order valence-electron chi connectivity index (χ3n) is 1.92. The van der Waals surface area contributed by atoms with Crippen molar-refractivity contribution in [2.45, 2.75) is 13.8 Å². The molecule has 0 saturated carbocycles. The first-order valence-electron chi connectivity index (χ1n) is 3.89. The third-order valence-corrected chi connectivity index (χ3v) is 2.31. The van der Waals surface area contributed by atoms with Gasteiger partial charge in [0.05, 0.1) is 9.95 Å². The van der Waals surface area contributed by atoms with E-state index in [0.717, 1.165) is 0 Å². The van der Waals surface area contributed by atoms with E-state index in [1.54, 1.807) is 6.92 Å². The molecule has 14 heavy (non-hydrogen) atoms. The molecule has 0 saturated heterocycles. The fraction of sp³-hybridized carbons (Fsp3) is 0.222. The van der Waals surface area contributed by atoms with Crippen molar-refractivity contribution < 1.29 is 9.72 Å². The molecule has 0 unspecified atom stereocenters. The number of nitro benzene ring substituents is 1. The average molecular weight is 214 g/mol. The molecule has 0 spiro atoms. The Balaban J connectivity index is 3.43. The number of Topliss-reactive ketones (excluding diaryl/α,β-unsaturated/α-hetero) is 1. The molecule has 5 heteroatoms. The molecule has 0 aromatic heterocycles. The Hall–Kier alpha value is -1.42. The van der Waals surface area contributed by atoms with Crippen molar-refractivity contribution in [2.75, 3.05) is 0 Å². The van der Waals surface area contributed by atoms with Crippen molar-refractivity contribution in [1.82, 2.24) is 0 Å². The average Bonchev–Trinajstić information content (AvgIpc) is 2.08. The summed E-state index contributed by atoms with van der Waals surface area (Å²) in [5, 5.41) is 10.7. The van der Waals surface area contributed by atoms with Gasteiger partial charge in [-0.3, -0.25) is 14.9 Å². The molecule has 74 valence electrons. The zero-order valence-corrected chi connectivity index (χ0v) is 8.46. The zero-order chi connectivity index (χ0) is 10.9. The van der Waals surface area contributed by atoms with Crippen LogP contribution in [-0.2, 0) is 0 Å². The van der Waals surface area contributed by atoms with Gasteiger partial charge in [-0.25, -0.2) is 0 Å². The second-order valence-corrected chi connectivity index (χ2v) is 3.32. The van der Waals surface area contributed by atoms with Crippen molar-refractivity contribution in [3.05, 3.63) is 38.4 Å². The zero-order valence-electron chi connectivity index (χ0n) is 7.70. The van der Waals surface area contributed by atoms with E-state index in [-0.39, 0.29) is 16.5 Å². The van der Waals surface area contributed by atoms with Crippen LogP contribution in [0, 0.1) is 17.0 Å². The maximum absolute atomic E-state index is 11.1. The highest BCUT2D eigenvalue weighted by Crippen LogP contribution is 2.26. The van der Waals surface area contributed by atoms with Gasteiger partial charge in [-0.15, -0.1) is 0 Å². The molecule has 0 fully saturated rings. The second kappa shape index (κ2) is 3.75. The van der Waals surface area contributed by atoms with Crippen LogP contribution in [-0.4, -0.2) is 10.7 Å². The van der Waals surface area contributed by atoms with Crippen LogP contribution >= 0.6 is 11.6 Å². The third kappa shape index (κ3) is 1.90. The van der Waals surface area contributed by atoms with Crippen LogP contribution in [0.25, 0.3) is 0 Å². The van der Waals surface area contributed by atoms with E-state index in [4.69, 9.17) is 11.6 Å². The minimum absolute atomic E-state index is 0.161. The second-order valence-electron chi connectivity index (χ2n) is 2.91. The normalized spacial score (nSPS) is 9.93. The van der Waals surface area contributed by atoms with Crippen LogP contribution in [0.15, 0.2) is 12.1 Å². The summed E-state index contributed by atoms with van der Waals surface area (Å²) in [6.07, 6.45) is 0. The number of ketones is 1. The van der Waals surface area contributed by atoms with Crippen LogP contribution in [0.3, 0.4) is 0 Å². The molecule has 4 nitrogen and oxygen atoms in total. The Morgan fingerprint density at radius 2 is 2.07 bits per heavy atom. The molecular weight excluding hydrogens is 206 g/mol. The quantitative estimate of drug-likeness (QED) is 0.431. The molecule has 0 atom stereocenters. The summed E-state index contributed by atoms with van der Waals surface area (Å²) in [5.74, 6) is -0.229. The van der Waals surface area contributed by atoms with Crippen molar-refractivity contribution in [2.24, 2.45) is 0 Å². The van der Waals surface area contributed by atoms with Gasteiger partial charge in [-0.05, 0) is 19.4 Å². The van der Waals surface area contributed by atoms with E-state index in [1.165, 1.54) is 19.1 Å².